The van der Waals surface area contributed by atoms with Gasteiger partial charge in [-0.25, -0.2) is 37.5 Å². The summed E-state index contributed by atoms with van der Waals surface area (Å²) >= 11 is 1.65. The number of amides is 9. The summed E-state index contributed by atoms with van der Waals surface area (Å²) < 4.78 is 58.7. The highest BCUT2D eigenvalue weighted by Gasteiger charge is 2.21. The summed E-state index contributed by atoms with van der Waals surface area (Å²) in [5, 5.41) is 25.4. The van der Waals surface area contributed by atoms with Gasteiger partial charge in [-0.05, 0) is 196 Å². The minimum atomic E-state index is -1.20. The molecule has 25 nitrogen and oxygen atoms in total. The Kier molecular flexibility index (Phi) is 51.4. The molecule has 0 aliphatic carbocycles. The molecule has 0 spiro atoms. The second-order valence-corrected chi connectivity index (χ2v) is 29.5. The van der Waals surface area contributed by atoms with Crippen molar-refractivity contribution >= 4 is 75.4 Å². The van der Waals surface area contributed by atoms with Crippen LogP contribution in [-0.2, 0) is 97.3 Å². The number of thiophene rings is 1. The van der Waals surface area contributed by atoms with Crippen LogP contribution in [0, 0.1) is 11.6 Å². The van der Waals surface area contributed by atoms with Gasteiger partial charge in [0.05, 0.1) is 13.2 Å². The molecule has 1 atom stereocenters. The Labute approximate surface area is 689 Å². The lowest BCUT2D eigenvalue weighted by molar-refractivity contribution is -0.123. The summed E-state index contributed by atoms with van der Waals surface area (Å²) in [7, 11) is 0. The zero-order chi connectivity index (χ0) is 84.0. The molecule has 116 heavy (non-hydrogen) atoms. The molecule has 638 valence electrons. The number of nitrogens with two attached hydrogens (primary N) is 2. The molecule has 0 radical (unpaired) electrons. The number of carbonyl (C=O) groups excluding carboxylic acids is 8. The average molecular weight is 1630 g/mol. The van der Waals surface area contributed by atoms with Crippen molar-refractivity contribution in [3.8, 4) is 0 Å². The van der Waals surface area contributed by atoms with Crippen molar-refractivity contribution < 1.29 is 75.6 Å². The number of urea groups is 1. The first kappa shape index (κ1) is 105. The van der Waals surface area contributed by atoms with Crippen LogP contribution in [0.25, 0.3) is 10.1 Å². The molecular formula is C88H127F2N11O14S. The second kappa shape index (κ2) is 56.9. The molecule has 0 aliphatic rings. The van der Waals surface area contributed by atoms with Gasteiger partial charge in [-0.15, -0.1) is 11.3 Å². The third-order valence-electron chi connectivity index (χ3n) is 14.2. The van der Waals surface area contributed by atoms with Crippen LogP contribution in [0.3, 0.4) is 0 Å². The van der Waals surface area contributed by atoms with Crippen molar-refractivity contribution in [2.45, 2.75) is 240 Å². The fourth-order valence-corrected chi connectivity index (χ4v) is 10.3. The minimum absolute atomic E-state index is 0. The number of anilines is 1. The van der Waals surface area contributed by atoms with E-state index in [0.717, 1.165) is 73.3 Å². The summed E-state index contributed by atoms with van der Waals surface area (Å²) in [6, 6.07) is 52.4. The topological polar surface area (TPSA) is 352 Å². The third kappa shape index (κ3) is 48.1. The molecule has 0 fully saturated rings. The van der Waals surface area contributed by atoms with Gasteiger partial charge in [0.25, 0.3) is 0 Å². The van der Waals surface area contributed by atoms with Gasteiger partial charge in [-0.1, -0.05) is 156 Å². The number of benzene rings is 7. The molecule has 0 bridgehead atoms. The van der Waals surface area contributed by atoms with E-state index in [2.05, 4.69) is 66.1 Å². The third-order valence-corrected chi connectivity index (χ3v) is 15.3. The number of hydrogen-bond donors (Lipinski definition) is 11. The Bertz CT molecular complexity index is 4160. The Balaban J connectivity index is 0.00000137. The van der Waals surface area contributed by atoms with Crippen molar-refractivity contribution in [3.63, 3.8) is 0 Å². The van der Waals surface area contributed by atoms with E-state index < -0.39 is 53.6 Å². The van der Waals surface area contributed by atoms with Gasteiger partial charge in [-0.2, -0.15) is 0 Å². The van der Waals surface area contributed by atoms with Gasteiger partial charge in [0.1, 0.15) is 49.7 Å². The van der Waals surface area contributed by atoms with Crippen LogP contribution in [0.2, 0.25) is 0 Å². The van der Waals surface area contributed by atoms with Gasteiger partial charge in [-0.3, -0.25) is 9.59 Å². The molecule has 13 N–H and O–H groups in total. The number of carbonyl (C=O) groups is 8. The number of ether oxygens (including phenoxy) is 6. The number of hydrogen-bond acceptors (Lipinski definition) is 17. The van der Waals surface area contributed by atoms with Gasteiger partial charge in [0.15, 0.2) is 0 Å². The molecule has 1 aromatic heterocycles. The van der Waals surface area contributed by atoms with E-state index in [1.54, 1.807) is 49.4 Å². The first-order valence-corrected chi connectivity index (χ1v) is 37.9. The molecule has 0 saturated heterocycles. The fourth-order valence-electron chi connectivity index (χ4n) is 9.33. The van der Waals surface area contributed by atoms with Gasteiger partial charge in [0, 0.05) is 83.6 Å². The quantitative estimate of drug-likeness (QED) is 0.0224. The lowest BCUT2D eigenvalue weighted by Gasteiger charge is -2.19. The summed E-state index contributed by atoms with van der Waals surface area (Å²) in [5.41, 5.74) is 19.0. The van der Waals surface area contributed by atoms with E-state index in [1.807, 2.05) is 205 Å². The Hall–Kier alpha value is -11.2. The number of nitrogens with one attached hydrogen (secondary N) is 9. The van der Waals surface area contributed by atoms with Crippen LogP contribution < -0.4 is 59.3 Å². The lowest BCUT2D eigenvalue weighted by atomic mass is 10.1. The molecule has 0 saturated carbocycles. The van der Waals surface area contributed by atoms with E-state index in [-0.39, 0.29) is 102 Å². The highest BCUT2D eigenvalue weighted by Crippen LogP contribution is 2.26. The fraction of sp³-hybridized carbons (Fsp3) is 0.409. The largest absolute Gasteiger partial charge is 0.445 e. The van der Waals surface area contributed by atoms with Gasteiger partial charge < -0.3 is 87.7 Å². The number of alkyl carbamates (subject to hydrolysis) is 5. The smallest absolute Gasteiger partial charge is 0.407 e. The first-order chi connectivity index (χ1) is 53.4. The van der Waals surface area contributed by atoms with Crippen molar-refractivity contribution in [1.29, 1.82) is 0 Å². The maximum Gasteiger partial charge on any atom is 0.407 e. The summed E-state index contributed by atoms with van der Waals surface area (Å²) in [6.07, 6.45) is -2.10. The number of halogens is 2. The van der Waals surface area contributed by atoms with Crippen LogP contribution in [0.5, 0.6) is 0 Å². The summed E-state index contributed by atoms with van der Waals surface area (Å²) in [4.78, 5) is 91.9. The van der Waals surface area contributed by atoms with Gasteiger partial charge >= 0.3 is 36.5 Å². The molecular weight excluding hydrogens is 1510 g/mol. The maximum absolute atomic E-state index is 13.3. The SMILES string of the molecule is C.C.C.CC(=O)Nc1ccc(COC(=O)NC(C)C)cc1.CC(C)NC(=O)C(N)c1cc(F)ccc1F.CC(C)NC(=O)NCc1ccccc1COCc1ccccc1.CC(C)NC(=O)OCc1cc2ccccc2s1.CC(C)NC(=O)OCc1cccc(CN)c1.CC(C)NC(=O)OCc1cccc(CNC(=O)OC(C)(C)C)c1. The zero-order valence-electron chi connectivity index (χ0n) is 67.7. The Morgan fingerprint density at radius 1 is 0.431 bits per heavy atom. The second-order valence-electron chi connectivity index (χ2n) is 28.4. The molecule has 8 aromatic rings. The predicted molar refractivity (Wildman–Crippen MR) is 459 cm³/mol. The summed E-state index contributed by atoms with van der Waals surface area (Å²) in [5.74, 6) is -1.95. The van der Waals surface area contributed by atoms with Crippen LogP contribution in [0.15, 0.2) is 176 Å². The molecule has 1 heterocycles. The predicted octanol–water partition coefficient (Wildman–Crippen LogP) is 17.9. The van der Waals surface area contributed by atoms with Crippen molar-refractivity contribution in [2.75, 3.05) is 5.32 Å². The van der Waals surface area contributed by atoms with Crippen molar-refractivity contribution in [1.82, 2.24) is 42.5 Å². The molecule has 28 heteroatoms. The molecule has 8 rings (SSSR count). The van der Waals surface area contributed by atoms with E-state index >= 15 is 0 Å². The minimum Gasteiger partial charge on any atom is -0.445 e. The Morgan fingerprint density at radius 2 is 0.879 bits per heavy atom. The highest BCUT2D eigenvalue weighted by molar-refractivity contribution is 7.19. The van der Waals surface area contributed by atoms with Crippen LogP contribution in [-0.4, -0.2) is 90.2 Å². The monoisotopic (exact) mass is 1630 g/mol. The van der Waals surface area contributed by atoms with Crippen LogP contribution in [0.4, 0.5) is 43.2 Å². The normalized spacial score (nSPS) is 10.6. The van der Waals surface area contributed by atoms with Crippen LogP contribution in [0.1, 0.15) is 194 Å². The number of rotatable bonds is 26. The first-order valence-electron chi connectivity index (χ1n) is 37.1. The van der Waals surface area contributed by atoms with E-state index in [4.69, 9.17) is 39.9 Å². The van der Waals surface area contributed by atoms with Crippen molar-refractivity contribution in [2.24, 2.45) is 11.5 Å². The standard InChI is InChI=1S/C19H24N2O2.C17H26N2O4.C13H18N2O3.C13H15NO2S.C12H18N2O2.C11H14F2N2O.3CH4/c1-15(2)21-19(22)20-12-17-10-6-7-11-18(17)14-23-13-16-8-4-3-5-9-16;1-12(2)19-16(21)22-11-14-8-6-7-13(9-14)10-18-15(20)23-17(3,4)5;1-9(2)14-13(17)18-8-11-4-6-12(7-5-11)15-10(3)16;1-9(2)14-13(15)16-8-11-7-10-5-3-4-6-12(10)17-11;1-9(2)14-12(15)16-8-11-5-3-4-10(6-11)7-13;1-6(2)15-11(16)10(14)8-5-7(12)3-4-9(8)13;;;/h3-11,15H,12-14H2,1-2H3,(H2,20,21,22);6-9,12H,10-11H2,1-5H3,(H,18,20)(H,19,21);4-7,9H,8H2,1-3H3,(H,14,17)(H,15,16);3-7,9H,8H2,1-2H3,(H,14,15);3-6,9H,7-8,13H2,1-2H3,(H,14,15);3-6,10H,14H2,1-2H3,(H,15,16);3*1H4. The van der Waals surface area contributed by atoms with E-state index in [9.17, 15) is 47.1 Å². The maximum atomic E-state index is 13.3. The Morgan fingerprint density at radius 3 is 1.38 bits per heavy atom. The van der Waals surface area contributed by atoms with Gasteiger partial charge in [0.2, 0.25) is 11.8 Å². The molecule has 9 amide bonds. The van der Waals surface area contributed by atoms with Crippen LogP contribution >= 0.6 is 11.3 Å². The van der Waals surface area contributed by atoms with E-state index in [1.165, 1.54) is 17.0 Å². The lowest BCUT2D eigenvalue weighted by Crippen LogP contribution is -2.39. The molecule has 7 aromatic carbocycles. The summed E-state index contributed by atoms with van der Waals surface area (Å²) in [6.45, 7) is 32.7. The number of fused-ring (bicyclic) bond motifs is 1. The highest BCUT2D eigenvalue weighted by atomic mass is 32.1. The molecule has 1 unspecified atom stereocenters. The average Bonchev–Trinajstić information content (AvgIpc) is 1.51. The zero-order valence-corrected chi connectivity index (χ0v) is 68.5. The van der Waals surface area contributed by atoms with E-state index in [0.29, 0.717) is 39.5 Å². The van der Waals surface area contributed by atoms with Crippen molar-refractivity contribution in [3.05, 3.63) is 243 Å². The molecule has 0 aliphatic heterocycles.